The second kappa shape index (κ2) is 7.03. The summed E-state index contributed by atoms with van der Waals surface area (Å²) in [5.41, 5.74) is 4.67. The molecular formula is C13H7Cl2F3N4O2S. The van der Waals surface area contributed by atoms with Crippen LogP contribution in [0.1, 0.15) is 5.56 Å². The lowest BCUT2D eigenvalue weighted by atomic mass is 10.2. The number of halogens is 5. The van der Waals surface area contributed by atoms with Gasteiger partial charge in [0, 0.05) is 0 Å². The Kier molecular flexibility index (Phi) is 5.41. The fraction of sp³-hybridized carbons (Fsp3) is 0.154. The molecule has 0 aliphatic rings. The van der Waals surface area contributed by atoms with Crippen molar-refractivity contribution in [1.29, 1.82) is 0 Å². The molecule has 0 atom stereocenters. The highest BCUT2D eigenvalue weighted by Gasteiger charge is 2.33. The minimum atomic E-state index is -4.65. The van der Waals surface area contributed by atoms with Crippen LogP contribution in [0.3, 0.4) is 0 Å². The number of carbonyl (C=O) groups is 1. The van der Waals surface area contributed by atoms with E-state index in [1.165, 1.54) is 0 Å². The van der Waals surface area contributed by atoms with E-state index in [-0.39, 0.29) is 38.0 Å². The molecule has 12 heteroatoms. The minimum absolute atomic E-state index is 0.0735. The second-order valence-electron chi connectivity index (χ2n) is 4.53. The van der Waals surface area contributed by atoms with E-state index in [4.69, 9.17) is 40.6 Å². The minimum Gasteiger partial charge on any atom is -0.481 e. The smallest absolute Gasteiger partial charge is 0.416 e. The molecule has 0 aliphatic carbocycles. The van der Waals surface area contributed by atoms with Crippen molar-refractivity contribution in [3.8, 4) is 5.69 Å². The van der Waals surface area contributed by atoms with Crippen LogP contribution in [0.5, 0.6) is 0 Å². The van der Waals surface area contributed by atoms with Gasteiger partial charge in [-0.15, -0.1) is 16.4 Å². The third-order valence-corrected chi connectivity index (χ3v) is 4.51. The van der Waals surface area contributed by atoms with Crippen LogP contribution >= 0.6 is 35.0 Å². The summed E-state index contributed by atoms with van der Waals surface area (Å²) >= 11 is 12.6. The molecule has 2 rings (SSSR count). The molecule has 0 radical (unpaired) electrons. The molecule has 0 saturated heterocycles. The zero-order valence-corrected chi connectivity index (χ0v) is 14.3. The Morgan fingerprint density at radius 3 is 2.40 bits per heavy atom. The maximum atomic E-state index is 12.8. The number of hydrogen-bond acceptors (Lipinski definition) is 4. The van der Waals surface area contributed by atoms with E-state index >= 15 is 0 Å². The fourth-order valence-corrected chi connectivity index (χ4v) is 3.22. The van der Waals surface area contributed by atoms with Crippen LogP contribution in [0.25, 0.3) is 10.5 Å². The number of thioether (sulfide) groups is 1. The summed E-state index contributed by atoms with van der Waals surface area (Å²) in [4.78, 5) is 13.9. The average Bonchev–Trinajstić information content (AvgIpc) is 2.80. The highest BCUT2D eigenvalue weighted by molar-refractivity contribution is 8.00. The van der Waals surface area contributed by atoms with Gasteiger partial charge >= 0.3 is 18.0 Å². The van der Waals surface area contributed by atoms with Gasteiger partial charge in [0.05, 0.1) is 26.3 Å². The molecule has 0 amide bonds. The lowest BCUT2D eigenvalue weighted by Gasteiger charge is -2.11. The Morgan fingerprint density at radius 2 is 1.96 bits per heavy atom. The van der Waals surface area contributed by atoms with E-state index in [9.17, 15) is 18.0 Å². The predicted octanol–water partition coefficient (Wildman–Crippen LogP) is 4.51. The van der Waals surface area contributed by atoms with Crippen molar-refractivity contribution < 1.29 is 23.1 Å². The monoisotopic (exact) mass is 410 g/mol. The SMILES string of the molecule is [C-]#[N+]c1nn(-c2c(Cl)cc(C(F)(F)F)cc2Cl)c(N)c1SCC(=O)O. The molecule has 0 spiro atoms. The van der Waals surface area contributed by atoms with Gasteiger partial charge < -0.3 is 15.7 Å². The number of benzene rings is 1. The highest BCUT2D eigenvalue weighted by atomic mass is 35.5. The fourth-order valence-electron chi connectivity index (χ4n) is 1.85. The number of anilines is 1. The van der Waals surface area contributed by atoms with Crippen molar-refractivity contribution in [3.63, 3.8) is 0 Å². The van der Waals surface area contributed by atoms with Crippen molar-refractivity contribution in [3.05, 3.63) is 39.2 Å². The van der Waals surface area contributed by atoms with E-state index in [1.807, 2.05) is 0 Å². The summed E-state index contributed by atoms with van der Waals surface area (Å²) in [7, 11) is 0. The quantitative estimate of drug-likeness (QED) is 0.572. The first kappa shape index (κ1) is 19.2. The number of nitrogens with zero attached hydrogens (tertiary/aromatic N) is 3. The van der Waals surface area contributed by atoms with Gasteiger partial charge in [0.1, 0.15) is 5.69 Å². The molecule has 25 heavy (non-hydrogen) atoms. The third-order valence-electron chi connectivity index (χ3n) is 2.86. The molecule has 0 unspecified atom stereocenters. The molecule has 1 heterocycles. The lowest BCUT2D eigenvalue weighted by Crippen LogP contribution is -2.08. The van der Waals surface area contributed by atoms with E-state index in [0.717, 1.165) is 16.4 Å². The largest absolute Gasteiger partial charge is 0.481 e. The summed E-state index contributed by atoms with van der Waals surface area (Å²) in [6.45, 7) is 7.08. The maximum absolute atomic E-state index is 12.8. The number of nitrogen functional groups attached to an aromatic ring is 1. The molecule has 2 aromatic rings. The van der Waals surface area contributed by atoms with Crippen molar-refractivity contribution in [2.75, 3.05) is 11.5 Å². The highest BCUT2D eigenvalue weighted by Crippen LogP contribution is 2.41. The number of rotatable bonds is 4. The van der Waals surface area contributed by atoms with E-state index < -0.39 is 17.7 Å². The Hall–Kier alpha value is -2.09. The number of nitrogens with two attached hydrogens (primary N) is 1. The number of aromatic nitrogens is 2. The van der Waals surface area contributed by atoms with Crippen LogP contribution < -0.4 is 5.73 Å². The van der Waals surface area contributed by atoms with Crippen molar-refractivity contribution in [2.24, 2.45) is 0 Å². The van der Waals surface area contributed by atoms with Gasteiger partial charge in [-0.2, -0.15) is 13.2 Å². The first-order valence-electron chi connectivity index (χ1n) is 6.23. The standard InChI is InChI=1S/C13H7Cl2F3N4O2S/c1-20-12-10(25-4-8(23)24)11(19)22(21-12)9-6(14)2-5(3-7(9)15)13(16,17)18/h2-3H,4,19H2,(H,23,24). The first-order chi connectivity index (χ1) is 11.6. The Balaban J connectivity index is 2.60. The van der Waals surface area contributed by atoms with Crippen LogP contribution in [0.4, 0.5) is 24.8 Å². The summed E-state index contributed by atoms with van der Waals surface area (Å²) in [5.74, 6) is -1.89. The molecule has 0 fully saturated rings. The molecule has 0 bridgehead atoms. The van der Waals surface area contributed by atoms with E-state index in [0.29, 0.717) is 12.1 Å². The number of alkyl halides is 3. The zero-order valence-electron chi connectivity index (χ0n) is 11.9. The third kappa shape index (κ3) is 3.95. The molecule has 0 saturated carbocycles. The molecule has 132 valence electrons. The summed E-state index contributed by atoms with van der Waals surface area (Å²) in [6.07, 6.45) is -4.65. The summed E-state index contributed by atoms with van der Waals surface area (Å²) in [5, 5.41) is 11.8. The lowest BCUT2D eigenvalue weighted by molar-refractivity contribution is -0.137. The zero-order chi connectivity index (χ0) is 18.9. The van der Waals surface area contributed by atoms with Gasteiger partial charge in [0.15, 0.2) is 5.82 Å². The predicted molar refractivity (Wildman–Crippen MR) is 87.6 cm³/mol. The average molecular weight is 411 g/mol. The molecule has 3 N–H and O–H groups in total. The Morgan fingerprint density at radius 1 is 1.40 bits per heavy atom. The Bertz CT molecular complexity index is 870. The number of carboxylic acid groups (broad SMARTS) is 1. The molecule has 1 aromatic heterocycles. The van der Waals surface area contributed by atoms with Crippen LogP contribution in [-0.4, -0.2) is 26.6 Å². The molecule has 6 nitrogen and oxygen atoms in total. The maximum Gasteiger partial charge on any atom is 0.416 e. The van der Waals surface area contributed by atoms with Gasteiger partial charge in [-0.1, -0.05) is 29.8 Å². The molecular weight excluding hydrogens is 404 g/mol. The summed E-state index contributed by atoms with van der Waals surface area (Å²) < 4.78 is 39.3. The van der Waals surface area contributed by atoms with Gasteiger partial charge in [-0.05, 0) is 17.2 Å². The van der Waals surface area contributed by atoms with Crippen LogP contribution in [0, 0.1) is 6.57 Å². The Labute approximate surface area is 153 Å². The van der Waals surface area contributed by atoms with Crippen molar-refractivity contribution in [1.82, 2.24) is 9.78 Å². The van der Waals surface area contributed by atoms with E-state index in [1.54, 1.807) is 0 Å². The van der Waals surface area contributed by atoms with Crippen molar-refractivity contribution >= 4 is 52.6 Å². The van der Waals surface area contributed by atoms with Crippen LogP contribution in [0.2, 0.25) is 10.0 Å². The normalized spacial score (nSPS) is 11.4. The number of hydrogen-bond donors (Lipinski definition) is 2. The number of carboxylic acids is 1. The van der Waals surface area contributed by atoms with Gasteiger partial charge in [-0.3, -0.25) is 4.79 Å². The molecule has 1 aromatic carbocycles. The van der Waals surface area contributed by atoms with Gasteiger partial charge in [-0.25, -0.2) is 0 Å². The van der Waals surface area contributed by atoms with Crippen molar-refractivity contribution in [2.45, 2.75) is 11.1 Å². The summed E-state index contributed by atoms with van der Waals surface area (Å²) in [6, 6.07) is 1.32. The van der Waals surface area contributed by atoms with Gasteiger partial charge in [0.2, 0.25) is 0 Å². The number of aliphatic carboxylic acids is 1. The topological polar surface area (TPSA) is 85.5 Å². The van der Waals surface area contributed by atoms with Gasteiger partial charge in [0.25, 0.3) is 0 Å². The second-order valence-corrected chi connectivity index (χ2v) is 6.33. The van der Waals surface area contributed by atoms with Crippen LogP contribution in [-0.2, 0) is 11.0 Å². The van der Waals surface area contributed by atoms with Crippen LogP contribution in [0.15, 0.2) is 17.0 Å². The van der Waals surface area contributed by atoms with E-state index in [2.05, 4.69) is 9.94 Å². The first-order valence-corrected chi connectivity index (χ1v) is 7.97. The molecule has 0 aliphatic heterocycles.